The van der Waals surface area contributed by atoms with Crippen molar-refractivity contribution >= 4 is 23.4 Å². The summed E-state index contributed by atoms with van der Waals surface area (Å²) in [5.74, 6) is 7.91. The molecular weight excluding hydrogens is 270 g/mol. The fraction of sp³-hybridized carbons (Fsp3) is 0.714. The van der Waals surface area contributed by atoms with Gasteiger partial charge in [0.15, 0.2) is 0 Å². The maximum atomic E-state index is 5.53. The van der Waals surface area contributed by atoms with Crippen LogP contribution < -0.4 is 16.6 Å². The molecule has 0 saturated carbocycles. The molecule has 0 aliphatic heterocycles. The summed E-state index contributed by atoms with van der Waals surface area (Å²) in [5, 5.41) is 3.49. The number of aromatic nitrogens is 2. The van der Waals surface area contributed by atoms with E-state index in [1.807, 2.05) is 25.6 Å². The predicted molar refractivity (Wildman–Crippen MR) is 89.3 cm³/mol. The fourth-order valence-corrected chi connectivity index (χ4v) is 2.93. The minimum atomic E-state index is 0.250. The number of nitrogens with one attached hydrogen (secondary N) is 2. The number of hydrogen-bond acceptors (Lipinski definition) is 6. The van der Waals surface area contributed by atoms with Gasteiger partial charge in [-0.25, -0.2) is 15.8 Å². The zero-order valence-corrected chi connectivity index (χ0v) is 14.0. The molecule has 0 bridgehead atoms. The van der Waals surface area contributed by atoms with Gasteiger partial charge in [-0.1, -0.05) is 20.8 Å². The lowest BCUT2D eigenvalue weighted by atomic mass is 10.0. The molecule has 0 fully saturated rings. The number of nitrogens with zero attached hydrogens (tertiary/aromatic N) is 2. The van der Waals surface area contributed by atoms with Gasteiger partial charge in [-0.2, -0.15) is 11.8 Å². The lowest BCUT2D eigenvalue weighted by Gasteiger charge is -2.30. The second-order valence-electron chi connectivity index (χ2n) is 4.91. The van der Waals surface area contributed by atoms with E-state index in [9.17, 15) is 0 Å². The fourth-order valence-electron chi connectivity index (χ4n) is 2.14. The van der Waals surface area contributed by atoms with Gasteiger partial charge in [0, 0.05) is 23.3 Å². The topological polar surface area (TPSA) is 75.9 Å². The minimum Gasteiger partial charge on any atom is -0.368 e. The van der Waals surface area contributed by atoms with E-state index >= 15 is 0 Å². The van der Waals surface area contributed by atoms with Crippen LogP contribution in [0.1, 0.15) is 45.0 Å². The highest BCUT2D eigenvalue weighted by atomic mass is 32.2. The minimum absolute atomic E-state index is 0.250. The Morgan fingerprint density at radius 2 is 1.75 bits per heavy atom. The third-order valence-electron chi connectivity index (χ3n) is 3.94. The molecule has 0 radical (unpaired) electrons. The first-order chi connectivity index (χ1) is 9.55. The average Bonchev–Trinajstić information content (AvgIpc) is 2.50. The van der Waals surface area contributed by atoms with E-state index in [1.165, 1.54) is 0 Å². The largest absolute Gasteiger partial charge is 0.368 e. The van der Waals surface area contributed by atoms with Crippen molar-refractivity contribution in [3.05, 3.63) is 11.4 Å². The molecule has 4 N–H and O–H groups in total. The lowest BCUT2D eigenvalue weighted by Crippen LogP contribution is -2.32. The van der Waals surface area contributed by atoms with Crippen LogP contribution in [0.15, 0.2) is 0 Å². The molecule has 1 heterocycles. The summed E-state index contributed by atoms with van der Waals surface area (Å²) in [6.45, 7) is 9.39. The van der Waals surface area contributed by atoms with Crippen molar-refractivity contribution < 1.29 is 0 Å². The second kappa shape index (κ2) is 7.69. The van der Waals surface area contributed by atoms with Crippen molar-refractivity contribution in [1.29, 1.82) is 0 Å². The number of aryl methyl sites for hydroxylation is 1. The first kappa shape index (κ1) is 17.0. The first-order valence-corrected chi connectivity index (χ1v) is 8.41. The summed E-state index contributed by atoms with van der Waals surface area (Å²) in [6, 6.07) is 0. The van der Waals surface area contributed by atoms with Gasteiger partial charge >= 0.3 is 0 Å². The van der Waals surface area contributed by atoms with Crippen molar-refractivity contribution in [3.8, 4) is 0 Å². The van der Waals surface area contributed by atoms with Gasteiger partial charge in [-0.05, 0) is 26.0 Å². The van der Waals surface area contributed by atoms with Crippen LogP contribution in [0.25, 0.3) is 0 Å². The average molecular weight is 297 g/mol. The molecule has 6 heteroatoms. The Labute approximate surface area is 126 Å². The van der Waals surface area contributed by atoms with E-state index in [0.29, 0.717) is 5.82 Å². The Morgan fingerprint density at radius 1 is 1.15 bits per heavy atom. The van der Waals surface area contributed by atoms with Crippen LogP contribution in [0.2, 0.25) is 0 Å². The van der Waals surface area contributed by atoms with E-state index in [2.05, 4.69) is 40.8 Å². The van der Waals surface area contributed by atoms with E-state index in [4.69, 9.17) is 5.84 Å². The second-order valence-corrected chi connectivity index (χ2v) is 6.18. The van der Waals surface area contributed by atoms with E-state index in [0.717, 1.165) is 43.0 Å². The number of nitrogens with two attached hydrogens (primary N) is 1. The van der Waals surface area contributed by atoms with Gasteiger partial charge in [-0.15, -0.1) is 0 Å². The van der Waals surface area contributed by atoms with Crippen LogP contribution in [0.3, 0.4) is 0 Å². The van der Waals surface area contributed by atoms with Gasteiger partial charge in [0.25, 0.3) is 0 Å². The van der Waals surface area contributed by atoms with Gasteiger partial charge in [0.1, 0.15) is 17.5 Å². The molecular formula is C14H27N5S. The molecule has 1 rings (SSSR count). The highest BCUT2D eigenvalue weighted by Gasteiger charge is 2.25. The van der Waals surface area contributed by atoms with E-state index < -0.39 is 0 Å². The Bertz CT molecular complexity index is 424. The number of rotatable bonds is 8. The van der Waals surface area contributed by atoms with Crippen LogP contribution in [0.5, 0.6) is 0 Å². The van der Waals surface area contributed by atoms with Gasteiger partial charge < -0.3 is 10.7 Å². The molecule has 1 aromatic heterocycles. The van der Waals surface area contributed by atoms with Gasteiger partial charge in [0.05, 0.1) is 0 Å². The van der Waals surface area contributed by atoms with Crippen LogP contribution in [-0.2, 0) is 6.42 Å². The molecule has 5 nitrogen and oxygen atoms in total. The summed E-state index contributed by atoms with van der Waals surface area (Å²) in [4.78, 5) is 8.96. The van der Waals surface area contributed by atoms with E-state index in [-0.39, 0.29) is 4.75 Å². The summed E-state index contributed by atoms with van der Waals surface area (Å²) in [6.07, 6.45) is 5.22. The Hall–Kier alpha value is -1.01. The molecule has 0 unspecified atom stereocenters. The zero-order valence-electron chi connectivity index (χ0n) is 13.2. The molecule has 114 valence electrons. The number of nitrogen functional groups attached to an aromatic ring is 1. The standard InChI is InChI=1S/C14H27N5S/c1-6-11-17-12(10(4)13(18-11)19-15)16-9-14(7-2,8-3)20-5/h6-9,15H2,1-5H3,(H2,16,17,18,19). The first-order valence-electron chi connectivity index (χ1n) is 7.18. The maximum absolute atomic E-state index is 5.53. The number of anilines is 2. The van der Waals surface area contributed by atoms with Gasteiger partial charge in [0.2, 0.25) is 0 Å². The van der Waals surface area contributed by atoms with Crippen LogP contribution >= 0.6 is 11.8 Å². The Balaban J connectivity index is 2.97. The van der Waals surface area contributed by atoms with Crippen molar-refractivity contribution in [3.63, 3.8) is 0 Å². The van der Waals surface area contributed by atoms with E-state index in [1.54, 1.807) is 0 Å². The predicted octanol–water partition coefficient (Wildman–Crippen LogP) is 2.97. The molecule has 0 aromatic carbocycles. The molecule has 20 heavy (non-hydrogen) atoms. The molecule has 0 amide bonds. The van der Waals surface area contributed by atoms with Crippen molar-refractivity contribution in [1.82, 2.24) is 9.97 Å². The van der Waals surface area contributed by atoms with Crippen LogP contribution in [0.4, 0.5) is 11.6 Å². The third kappa shape index (κ3) is 3.76. The van der Waals surface area contributed by atoms with Crippen LogP contribution in [0, 0.1) is 6.92 Å². The van der Waals surface area contributed by atoms with Crippen molar-refractivity contribution in [2.24, 2.45) is 5.84 Å². The number of hydrogen-bond donors (Lipinski definition) is 3. The number of hydrazine groups is 1. The van der Waals surface area contributed by atoms with Crippen molar-refractivity contribution in [2.75, 3.05) is 23.5 Å². The zero-order chi connectivity index (χ0) is 15.2. The summed E-state index contributed by atoms with van der Waals surface area (Å²) in [7, 11) is 0. The normalized spacial score (nSPS) is 11.5. The summed E-state index contributed by atoms with van der Waals surface area (Å²) < 4.78 is 0.250. The Kier molecular flexibility index (Phi) is 6.55. The maximum Gasteiger partial charge on any atom is 0.148 e. The van der Waals surface area contributed by atoms with Gasteiger partial charge in [-0.3, -0.25) is 0 Å². The molecule has 0 saturated heterocycles. The molecule has 0 aliphatic carbocycles. The molecule has 0 aliphatic rings. The van der Waals surface area contributed by atoms with Crippen molar-refractivity contribution in [2.45, 2.75) is 51.7 Å². The monoisotopic (exact) mass is 297 g/mol. The van der Waals surface area contributed by atoms with Crippen LogP contribution in [-0.4, -0.2) is 27.5 Å². The number of thioether (sulfide) groups is 1. The summed E-state index contributed by atoms with van der Waals surface area (Å²) >= 11 is 1.92. The highest BCUT2D eigenvalue weighted by molar-refractivity contribution is 8.00. The molecule has 0 atom stereocenters. The quantitative estimate of drug-likeness (QED) is 0.506. The molecule has 1 aromatic rings. The Morgan fingerprint density at radius 3 is 2.20 bits per heavy atom. The smallest absolute Gasteiger partial charge is 0.148 e. The SMILES string of the molecule is CCc1nc(NN)c(C)c(NCC(CC)(CC)SC)n1. The third-order valence-corrected chi connectivity index (χ3v) is 5.53. The molecule has 0 spiro atoms. The summed E-state index contributed by atoms with van der Waals surface area (Å²) in [5.41, 5.74) is 3.62. The lowest BCUT2D eigenvalue weighted by molar-refractivity contribution is 0.573. The highest BCUT2D eigenvalue weighted by Crippen LogP contribution is 2.31.